The molecule has 1 aliphatic rings. The summed E-state index contributed by atoms with van der Waals surface area (Å²) in [5.41, 5.74) is 5.63. The first-order valence-corrected chi connectivity index (χ1v) is 7.32. The second-order valence-electron chi connectivity index (χ2n) is 4.74. The summed E-state index contributed by atoms with van der Waals surface area (Å²) in [6, 6.07) is 3.07. The average molecular weight is 293 g/mol. The van der Waals surface area contributed by atoms with Crippen LogP contribution in [0.1, 0.15) is 4.88 Å². The minimum atomic E-state index is -0.254. The van der Waals surface area contributed by atoms with Crippen molar-refractivity contribution >= 4 is 22.3 Å². The molecule has 7 heteroatoms. The Kier molecular flexibility index (Phi) is 3.79. The molecule has 0 unspecified atom stereocenters. The Morgan fingerprint density at radius 3 is 2.70 bits per heavy atom. The van der Waals surface area contributed by atoms with Gasteiger partial charge in [-0.3, -0.25) is 4.90 Å². The van der Waals surface area contributed by atoms with E-state index in [1.54, 1.807) is 12.3 Å². The standard InChI is InChI=1S/C13H16FN5S/c14-11-2-1-3-16-12(11)19-6-4-18(5-7-19)9-10-8-17-13(15)20-10/h1-3,8H,4-7,9H2,(H2,15,17). The van der Waals surface area contributed by atoms with Crippen molar-refractivity contribution in [3.8, 4) is 0 Å². The molecule has 0 spiro atoms. The van der Waals surface area contributed by atoms with Crippen molar-refractivity contribution in [2.24, 2.45) is 0 Å². The van der Waals surface area contributed by atoms with E-state index in [0.717, 1.165) is 32.7 Å². The van der Waals surface area contributed by atoms with E-state index in [-0.39, 0.29) is 5.82 Å². The zero-order chi connectivity index (χ0) is 13.9. The van der Waals surface area contributed by atoms with Crippen LogP contribution in [0.4, 0.5) is 15.3 Å². The fourth-order valence-corrected chi connectivity index (χ4v) is 3.07. The topological polar surface area (TPSA) is 58.3 Å². The van der Waals surface area contributed by atoms with Gasteiger partial charge in [-0.05, 0) is 12.1 Å². The van der Waals surface area contributed by atoms with Crippen LogP contribution in [0.15, 0.2) is 24.5 Å². The van der Waals surface area contributed by atoms with E-state index in [0.29, 0.717) is 10.9 Å². The van der Waals surface area contributed by atoms with Crippen LogP contribution < -0.4 is 10.6 Å². The number of hydrogen-bond acceptors (Lipinski definition) is 6. The smallest absolute Gasteiger partial charge is 0.180 e. The summed E-state index contributed by atoms with van der Waals surface area (Å²) in [5, 5.41) is 0.606. The third-order valence-corrected chi connectivity index (χ3v) is 4.17. The number of thiazole rings is 1. The fraction of sp³-hybridized carbons (Fsp3) is 0.385. The molecule has 5 nitrogen and oxygen atoms in total. The van der Waals surface area contributed by atoms with Crippen molar-refractivity contribution in [3.63, 3.8) is 0 Å². The van der Waals surface area contributed by atoms with Gasteiger partial charge in [-0.2, -0.15) is 0 Å². The van der Waals surface area contributed by atoms with Crippen molar-refractivity contribution in [1.29, 1.82) is 0 Å². The number of hydrogen-bond donors (Lipinski definition) is 1. The second kappa shape index (κ2) is 5.72. The molecule has 0 saturated carbocycles. The molecule has 0 bridgehead atoms. The number of nitrogens with zero attached hydrogens (tertiary/aromatic N) is 4. The molecule has 1 aliphatic heterocycles. The molecule has 0 aromatic carbocycles. The van der Waals surface area contributed by atoms with Gasteiger partial charge in [-0.1, -0.05) is 0 Å². The molecule has 3 heterocycles. The van der Waals surface area contributed by atoms with Gasteiger partial charge < -0.3 is 10.6 Å². The zero-order valence-corrected chi connectivity index (χ0v) is 11.8. The lowest BCUT2D eigenvalue weighted by molar-refractivity contribution is 0.250. The van der Waals surface area contributed by atoms with Crippen LogP contribution in [0.5, 0.6) is 0 Å². The Morgan fingerprint density at radius 2 is 2.05 bits per heavy atom. The molecular weight excluding hydrogens is 277 g/mol. The fourth-order valence-electron chi connectivity index (χ4n) is 2.34. The summed E-state index contributed by atoms with van der Waals surface area (Å²) in [6.07, 6.45) is 3.45. The van der Waals surface area contributed by atoms with E-state index < -0.39 is 0 Å². The Morgan fingerprint density at radius 1 is 1.25 bits per heavy atom. The highest BCUT2D eigenvalue weighted by Crippen LogP contribution is 2.20. The van der Waals surface area contributed by atoms with Gasteiger partial charge in [0.1, 0.15) is 0 Å². The summed E-state index contributed by atoms with van der Waals surface area (Å²) in [6.45, 7) is 4.18. The number of nitrogen functional groups attached to an aromatic ring is 1. The number of halogens is 1. The molecule has 0 aliphatic carbocycles. The highest BCUT2D eigenvalue weighted by Gasteiger charge is 2.20. The van der Waals surface area contributed by atoms with E-state index in [9.17, 15) is 4.39 Å². The van der Waals surface area contributed by atoms with E-state index in [4.69, 9.17) is 5.73 Å². The summed E-state index contributed by atoms with van der Waals surface area (Å²) in [4.78, 5) is 13.7. The maximum absolute atomic E-state index is 13.7. The molecule has 1 fully saturated rings. The summed E-state index contributed by atoms with van der Waals surface area (Å²) in [5.74, 6) is 0.199. The summed E-state index contributed by atoms with van der Waals surface area (Å²) >= 11 is 1.52. The Hall–Kier alpha value is -1.73. The predicted octanol–water partition coefficient (Wildman–Crippen LogP) is 1.58. The molecule has 2 aromatic rings. The average Bonchev–Trinajstić information content (AvgIpc) is 2.86. The van der Waals surface area contributed by atoms with Gasteiger partial charge in [0.05, 0.1) is 0 Å². The SMILES string of the molecule is Nc1ncc(CN2CCN(c3ncccc3F)CC2)s1. The van der Waals surface area contributed by atoms with Gasteiger partial charge in [0.25, 0.3) is 0 Å². The van der Waals surface area contributed by atoms with Crippen molar-refractivity contribution in [2.75, 3.05) is 36.8 Å². The minimum Gasteiger partial charge on any atom is -0.375 e. The van der Waals surface area contributed by atoms with Crippen LogP contribution >= 0.6 is 11.3 Å². The number of aromatic nitrogens is 2. The second-order valence-corrected chi connectivity index (χ2v) is 5.88. The van der Waals surface area contributed by atoms with E-state index in [1.807, 2.05) is 11.1 Å². The van der Waals surface area contributed by atoms with Gasteiger partial charge in [0, 0.05) is 50.0 Å². The van der Waals surface area contributed by atoms with Crippen molar-refractivity contribution in [2.45, 2.75) is 6.54 Å². The normalized spacial score (nSPS) is 16.6. The minimum absolute atomic E-state index is 0.254. The number of piperazine rings is 1. The summed E-state index contributed by atoms with van der Waals surface area (Å²) < 4.78 is 13.7. The molecule has 0 atom stereocenters. The maximum Gasteiger partial charge on any atom is 0.180 e. The van der Waals surface area contributed by atoms with Crippen LogP contribution in [-0.2, 0) is 6.54 Å². The van der Waals surface area contributed by atoms with Gasteiger partial charge in [0.15, 0.2) is 16.8 Å². The Labute approximate surface area is 120 Å². The number of nitrogens with two attached hydrogens (primary N) is 1. The number of rotatable bonds is 3. The first-order chi connectivity index (χ1) is 9.72. The molecule has 20 heavy (non-hydrogen) atoms. The van der Waals surface area contributed by atoms with Crippen LogP contribution in [0.2, 0.25) is 0 Å². The predicted molar refractivity (Wildman–Crippen MR) is 78.2 cm³/mol. The molecule has 1 saturated heterocycles. The molecule has 0 radical (unpaired) electrons. The molecule has 106 valence electrons. The Balaban J connectivity index is 1.58. The van der Waals surface area contributed by atoms with Gasteiger partial charge in [-0.25, -0.2) is 14.4 Å². The molecule has 0 amide bonds. The molecule has 2 aromatic heterocycles. The first kappa shape index (κ1) is 13.3. The van der Waals surface area contributed by atoms with E-state index in [1.165, 1.54) is 22.3 Å². The van der Waals surface area contributed by atoms with Gasteiger partial charge >= 0.3 is 0 Å². The lowest BCUT2D eigenvalue weighted by Gasteiger charge is -2.35. The maximum atomic E-state index is 13.7. The monoisotopic (exact) mass is 293 g/mol. The van der Waals surface area contributed by atoms with Crippen LogP contribution in [-0.4, -0.2) is 41.0 Å². The number of anilines is 2. The third kappa shape index (κ3) is 2.88. The van der Waals surface area contributed by atoms with Crippen molar-refractivity contribution < 1.29 is 4.39 Å². The van der Waals surface area contributed by atoms with Crippen LogP contribution in [0, 0.1) is 5.82 Å². The lowest BCUT2D eigenvalue weighted by Crippen LogP contribution is -2.46. The van der Waals surface area contributed by atoms with Crippen LogP contribution in [0.3, 0.4) is 0 Å². The highest BCUT2D eigenvalue weighted by molar-refractivity contribution is 7.15. The van der Waals surface area contributed by atoms with Crippen molar-refractivity contribution in [1.82, 2.24) is 14.9 Å². The molecular formula is C13H16FN5S. The lowest BCUT2D eigenvalue weighted by atomic mass is 10.3. The molecule has 3 rings (SSSR count). The zero-order valence-electron chi connectivity index (χ0n) is 11.0. The number of pyridine rings is 1. The van der Waals surface area contributed by atoms with Crippen molar-refractivity contribution in [3.05, 3.63) is 35.2 Å². The van der Waals surface area contributed by atoms with Gasteiger partial charge in [-0.15, -0.1) is 11.3 Å². The molecule has 2 N–H and O–H groups in total. The first-order valence-electron chi connectivity index (χ1n) is 6.50. The Bertz CT molecular complexity index is 580. The highest BCUT2D eigenvalue weighted by atomic mass is 32.1. The van der Waals surface area contributed by atoms with E-state index >= 15 is 0 Å². The van der Waals surface area contributed by atoms with Crippen LogP contribution in [0.25, 0.3) is 0 Å². The summed E-state index contributed by atoms with van der Waals surface area (Å²) in [7, 11) is 0. The largest absolute Gasteiger partial charge is 0.375 e. The third-order valence-electron chi connectivity index (χ3n) is 3.36. The van der Waals surface area contributed by atoms with E-state index in [2.05, 4.69) is 14.9 Å². The van der Waals surface area contributed by atoms with Gasteiger partial charge in [0.2, 0.25) is 0 Å². The quantitative estimate of drug-likeness (QED) is 0.931.